The van der Waals surface area contributed by atoms with E-state index in [4.69, 9.17) is 0 Å². The van der Waals surface area contributed by atoms with Crippen molar-refractivity contribution in [2.24, 2.45) is 0 Å². The third-order valence-corrected chi connectivity index (χ3v) is 5.86. The van der Waals surface area contributed by atoms with Gasteiger partial charge in [0.15, 0.2) is 5.78 Å². The van der Waals surface area contributed by atoms with Crippen molar-refractivity contribution >= 4 is 28.8 Å². The highest BCUT2D eigenvalue weighted by Crippen LogP contribution is 2.33. The third-order valence-electron chi connectivity index (χ3n) is 4.74. The van der Waals surface area contributed by atoms with Gasteiger partial charge < -0.3 is 4.90 Å². The molecule has 0 radical (unpaired) electrons. The maximum Gasteiger partial charge on any atom is 0.219 e. The van der Waals surface area contributed by atoms with Gasteiger partial charge in [0.1, 0.15) is 0 Å². The quantitative estimate of drug-likeness (QED) is 0.698. The highest BCUT2D eigenvalue weighted by Gasteiger charge is 2.32. The average Bonchev–Trinajstić information content (AvgIpc) is 3.04. The fourth-order valence-corrected chi connectivity index (χ4v) is 4.49. The number of rotatable bonds is 2. The van der Waals surface area contributed by atoms with Crippen LogP contribution in [0.1, 0.15) is 43.0 Å². The molecule has 0 atom stereocenters. The van der Waals surface area contributed by atoms with Crippen molar-refractivity contribution in [1.29, 1.82) is 0 Å². The van der Waals surface area contributed by atoms with Crippen LogP contribution >= 0.6 is 11.3 Å². The predicted octanol–water partition coefficient (Wildman–Crippen LogP) is 1.58. The highest BCUT2D eigenvalue weighted by molar-refractivity contribution is 7.14. The van der Waals surface area contributed by atoms with Gasteiger partial charge in [-0.15, -0.1) is 11.3 Å². The zero-order valence-electron chi connectivity index (χ0n) is 13.8. The lowest BCUT2D eigenvalue weighted by atomic mass is 9.90. The molecule has 1 amide bonds. The van der Waals surface area contributed by atoms with Gasteiger partial charge in [-0.3, -0.25) is 24.3 Å². The molecule has 2 aliphatic rings. The Kier molecular flexibility index (Phi) is 3.97. The molecule has 0 bridgehead atoms. The van der Waals surface area contributed by atoms with Crippen molar-refractivity contribution in [2.45, 2.75) is 13.5 Å². The second-order valence-electron chi connectivity index (χ2n) is 6.32. The summed E-state index contributed by atoms with van der Waals surface area (Å²) in [5, 5.41) is 0. The first-order valence-corrected chi connectivity index (χ1v) is 9.00. The van der Waals surface area contributed by atoms with Gasteiger partial charge in [-0.1, -0.05) is 0 Å². The minimum Gasteiger partial charge on any atom is -0.340 e. The standard InChI is InChI=1S/C18H17N3O3S/c1-11(22)21-6-4-20(5-7-21)10-12-8-14-16(23)15-9-19-3-2-13(15)17(24)18(14)25-12/h2-3,8-9H,4-7,10H2,1H3. The summed E-state index contributed by atoms with van der Waals surface area (Å²) in [4.78, 5) is 46.3. The molecule has 7 heteroatoms. The van der Waals surface area contributed by atoms with Crippen molar-refractivity contribution in [1.82, 2.24) is 14.8 Å². The van der Waals surface area contributed by atoms with E-state index in [0.717, 1.165) is 31.1 Å². The number of ketones is 2. The Morgan fingerprint density at radius 3 is 2.60 bits per heavy atom. The van der Waals surface area contributed by atoms with E-state index in [9.17, 15) is 14.4 Å². The molecular weight excluding hydrogens is 338 g/mol. The molecular formula is C18H17N3O3S. The number of aromatic nitrogens is 1. The maximum atomic E-state index is 12.6. The van der Waals surface area contributed by atoms with Crippen LogP contribution in [-0.4, -0.2) is 58.4 Å². The molecule has 1 saturated heterocycles. The SMILES string of the molecule is CC(=O)N1CCN(Cc2cc3c(s2)C(=O)c2ccncc2C3=O)CC1. The number of nitrogens with zero attached hydrogens (tertiary/aromatic N) is 3. The summed E-state index contributed by atoms with van der Waals surface area (Å²) < 4.78 is 0. The number of thiophene rings is 1. The first kappa shape index (κ1) is 16.1. The van der Waals surface area contributed by atoms with Gasteiger partial charge in [-0.25, -0.2) is 0 Å². The normalized spacial score (nSPS) is 17.4. The van der Waals surface area contributed by atoms with E-state index < -0.39 is 0 Å². The smallest absolute Gasteiger partial charge is 0.219 e. The lowest BCUT2D eigenvalue weighted by molar-refractivity contribution is -0.130. The number of hydrogen-bond acceptors (Lipinski definition) is 6. The zero-order valence-corrected chi connectivity index (χ0v) is 14.6. The molecule has 1 aliphatic heterocycles. The molecule has 1 aliphatic carbocycles. The van der Waals surface area contributed by atoms with Crippen LogP contribution in [0.3, 0.4) is 0 Å². The third kappa shape index (κ3) is 2.79. The Hall–Kier alpha value is -2.38. The van der Waals surface area contributed by atoms with Crippen molar-refractivity contribution in [3.05, 3.63) is 51.0 Å². The van der Waals surface area contributed by atoms with Crippen molar-refractivity contribution in [2.75, 3.05) is 26.2 Å². The van der Waals surface area contributed by atoms with Crippen molar-refractivity contribution in [3.8, 4) is 0 Å². The Bertz CT molecular complexity index is 829. The molecule has 3 heterocycles. The number of pyridine rings is 1. The van der Waals surface area contributed by atoms with E-state index in [0.29, 0.717) is 28.1 Å². The summed E-state index contributed by atoms with van der Waals surface area (Å²) in [5.74, 6) is -0.111. The van der Waals surface area contributed by atoms with E-state index in [1.165, 1.54) is 23.7 Å². The molecule has 1 fully saturated rings. The van der Waals surface area contributed by atoms with Crippen LogP contribution in [0.4, 0.5) is 0 Å². The molecule has 6 nitrogen and oxygen atoms in total. The monoisotopic (exact) mass is 355 g/mol. The largest absolute Gasteiger partial charge is 0.340 e. The summed E-state index contributed by atoms with van der Waals surface area (Å²) in [6.45, 7) is 5.32. The Morgan fingerprint density at radius 2 is 1.88 bits per heavy atom. The van der Waals surface area contributed by atoms with Gasteiger partial charge in [-0.2, -0.15) is 0 Å². The average molecular weight is 355 g/mol. The number of amides is 1. The fourth-order valence-electron chi connectivity index (χ4n) is 3.34. The second-order valence-corrected chi connectivity index (χ2v) is 7.45. The van der Waals surface area contributed by atoms with Crippen LogP contribution in [0.15, 0.2) is 24.5 Å². The fraction of sp³-hybridized carbons (Fsp3) is 0.333. The molecule has 0 spiro atoms. The minimum atomic E-state index is -0.124. The van der Waals surface area contributed by atoms with Gasteiger partial charge in [0.05, 0.1) is 10.4 Å². The van der Waals surface area contributed by atoms with Gasteiger partial charge in [-0.05, 0) is 12.1 Å². The van der Waals surface area contributed by atoms with Crippen molar-refractivity contribution in [3.63, 3.8) is 0 Å². The molecule has 0 saturated carbocycles. The highest BCUT2D eigenvalue weighted by atomic mass is 32.1. The lowest BCUT2D eigenvalue weighted by Crippen LogP contribution is -2.47. The van der Waals surface area contributed by atoms with E-state index in [-0.39, 0.29) is 17.5 Å². The Balaban J connectivity index is 1.54. The Labute approximate surface area is 149 Å². The topological polar surface area (TPSA) is 70.6 Å². The number of piperazine rings is 1. The molecule has 0 N–H and O–H groups in total. The molecule has 4 rings (SSSR count). The van der Waals surface area contributed by atoms with E-state index in [1.54, 1.807) is 13.0 Å². The molecule has 2 aromatic rings. The maximum absolute atomic E-state index is 12.6. The first-order valence-electron chi connectivity index (χ1n) is 8.18. The Morgan fingerprint density at radius 1 is 1.12 bits per heavy atom. The second kappa shape index (κ2) is 6.16. The van der Waals surface area contributed by atoms with Crippen molar-refractivity contribution < 1.29 is 14.4 Å². The van der Waals surface area contributed by atoms with Crippen LogP contribution < -0.4 is 0 Å². The molecule has 2 aromatic heterocycles. The van der Waals surface area contributed by atoms with Crippen LogP contribution in [0.5, 0.6) is 0 Å². The van der Waals surface area contributed by atoms with Crippen LogP contribution in [0, 0.1) is 0 Å². The summed E-state index contributed by atoms with van der Waals surface area (Å²) in [5.41, 5.74) is 1.32. The number of carbonyl (C=O) groups is 3. The van der Waals surface area contributed by atoms with E-state index >= 15 is 0 Å². The summed E-state index contributed by atoms with van der Waals surface area (Å²) in [6, 6.07) is 3.45. The molecule has 0 aromatic carbocycles. The van der Waals surface area contributed by atoms with Gasteiger partial charge in [0.25, 0.3) is 0 Å². The first-order chi connectivity index (χ1) is 12.0. The number of hydrogen-bond donors (Lipinski definition) is 0. The van der Waals surface area contributed by atoms with Gasteiger partial charge >= 0.3 is 0 Å². The van der Waals surface area contributed by atoms with Gasteiger partial charge in [0, 0.05) is 68.0 Å². The van der Waals surface area contributed by atoms with E-state index in [2.05, 4.69) is 9.88 Å². The van der Waals surface area contributed by atoms with E-state index in [1.807, 2.05) is 11.0 Å². The zero-order chi connectivity index (χ0) is 17.6. The van der Waals surface area contributed by atoms with Crippen LogP contribution in [-0.2, 0) is 11.3 Å². The van der Waals surface area contributed by atoms with Crippen LogP contribution in [0.2, 0.25) is 0 Å². The lowest BCUT2D eigenvalue weighted by Gasteiger charge is -2.33. The molecule has 0 unspecified atom stereocenters. The predicted molar refractivity (Wildman–Crippen MR) is 93.0 cm³/mol. The summed E-state index contributed by atoms with van der Waals surface area (Å²) >= 11 is 1.40. The molecule has 25 heavy (non-hydrogen) atoms. The van der Waals surface area contributed by atoms with Gasteiger partial charge in [0.2, 0.25) is 11.7 Å². The summed E-state index contributed by atoms with van der Waals surface area (Å²) in [6.07, 6.45) is 3.01. The molecule has 128 valence electrons. The number of fused-ring (bicyclic) bond motifs is 2. The van der Waals surface area contributed by atoms with Crippen LogP contribution in [0.25, 0.3) is 0 Å². The number of carbonyl (C=O) groups excluding carboxylic acids is 3. The minimum absolute atomic E-state index is 0.0929. The summed E-state index contributed by atoms with van der Waals surface area (Å²) in [7, 11) is 0.